The molecular formula is C18H11F2N3. The van der Waals surface area contributed by atoms with Crippen LogP contribution in [0.3, 0.4) is 0 Å². The third kappa shape index (κ3) is 2.67. The minimum absolute atomic E-state index is 0.188. The summed E-state index contributed by atoms with van der Waals surface area (Å²) in [5.41, 5.74) is 2.60. The van der Waals surface area contributed by atoms with Crippen LogP contribution in [0.25, 0.3) is 22.3 Å². The molecule has 0 atom stereocenters. The molecule has 0 bridgehead atoms. The maximum absolute atomic E-state index is 14.0. The Labute approximate surface area is 131 Å². The van der Waals surface area contributed by atoms with E-state index in [-0.39, 0.29) is 16.7 Å². The number of rotatable bonds is 2. The topological polar surface area (TPSA) is 49.6 Å². The highest BCUT2D eigenvalue weighted by atomic mass is 19.1. The standard InChI is InChI=1S/C18H11F2N3/c1-11-7-15(18-16(19)3-2-4-17(18)20)13(9-21)8-14(11)12-5-6-22-23-10-12/h2-8,10H,1H3. The second-order valence-electron chi connectivity index (χ2n) is 5.05. The molecule has 23 heavy (non-hydrogen) atoms. The van der Waals surface area contributed by atoms with E-state index in [0.29, 0.717) is 0 Å². The van der Waals surface area contributed by atoms with Gasteiger partial charge in [-0.25, -0.2) is 8.78 Å². The molecule has 112 valence electrons. The van der Waals surface area contributed by atoms with Crippen molar-refractivity contribution in [2.45, 2.75) is 6.92 Å². The van der Waals surface area contributed by atoms with Crippen LogP contribution in [0, 0.1) is 29.9 Å². The van der Waals surface area contributed by atoms with Crippen molar-refractivity contribution in [2.24, 2.45) is 0 Å². The van der Waals surface area contributed by atoms with Crippen molar-refractivity contribution in [1.82, 2.24) is 10.2 Å². The Morgan fingerprint density at radius 2 is 1.74 bits per heavy atom. The molecule has 1 aromatic heterocycles. The molecule has 3 aromatic rings. The van der Waals surface area contributed by atoms with Crippen molar-refractivity contribution in [3.63, 3.8) is 0 Å². The minimum Gasteiger partial charge on any atom is -0.206 e. The van der Waals surface area contributed by atoms with Gasteiger partial charge < -0.3 is 0 Å². The average molecular weight is 307 g/mol. The highest BCUT2D eigenvalue weighted by Crippen LogP contribution is 2.34. The molecule has 0 fully saturated rings. The van der Waals surface area contributed by atoms with Crippen LogP contribution >= 0.6 is 0 Å². The molecule has 0 N–H and O–H groups in total. The molecule has 3 rings (SSSR count). The van der Waals surface area contributed by atoms with Crippen molar-refractivity contribution in [2.75, 3.05) is 0 Å². The molecule has 0 aliphatic heterocycles. The van der Waals surface area contributed by atoms with Crippen LogP contribution < -0.4 is 0 Å². The summed E-state index contributed by atoms with van der Waals surface area (Å²) in [7, 11) is 0. The predicted molar refractivity (Wildman–Crippen MR) is 82.3 cm³/mol. The quantitative estimate of drug-likeness (QED) is 0.710. The zero-order valence-corrected chi connectivity index (χ0v) is 12.2. The molecule has 0 aliphatic rings. The number of halogens is 2. The van der Waals surface area contributed by atoms with E-state index in [0.717, 1.165) is 16.7 Å². The van der Waals surface area contributed by atoms with Gasteiger partial charge in [-0.2, -0.15) is 15.5 Å². The van der Waals surface area contributed by atoms with Crippen molar-refractivity contribution < 1.29 is 8.78 Å². The Morgan fingerprint density at radius 1 is 1.00 bits per heavy atom. The summed E-state index contributed by atoms with van der Waals surface area (Å²) in [6, 6.07) is 10.7. The molecule has 3 nitrogen and oxygen atoms in total. The largest absolute Gasteiger partial charge is 0.206 e. The van der Waals surface area contributed by atoms with Gasteiger partial charge in [-0.15, -0.1) is 0 Å². The Balaban J connectivity index is 2.26. The van der Waals surface area contributed by atoms with Gasteiger partial charge in [0.2, 0.25) is 0 Å². The van der Waals surface area contributed by atoms with E-state index in [1.165, 1.54) is 18.2 Å². The molecule has 0 saturated carbocycles. The highest BCUT2D eigenvalue weighted by Gasteiger charge is 2.17. The van der Waals surface area contributed by atoms with Gasteiger partial charge >= 0.3 is 0 Å². The highest BCUT2D eigenvalue weighted by molar-refractivity contribution is 5.78. The third-order valence-corrected chi connectivity index (χ3v) is 3.61. The van der Waals surface area contributed by atoms with E-state index in [9.17, 15) is 14.0 Å². The van der Waals surface area contributed by atoms with Crippen molar-refractivity contribution in [3.8, 4) is 28.3 Å². The van der Waals surface area contributed by atoms with Crippen LogP contribution in [-0.4, -0.2) is 10.2 Å². The second-order valence-corrected chi connectivity index (χ2v) is 5.05. The van der Waals surface area contributed by atoms with E-state index in [1.54, 1.807) is 30.6 Å². The lowest BCUT2D eigenvalue weighted by atomic mass is 9.92. The molecule has 0 spiro atoms. The number of nitriles is 1. The third-order valence-electron chi connectivity index (χ3n) is 3.61. The van der Waals surface area contributed by atoms with E-state index in [1.807, 2.05) is 13.0 Å². The van der Waals surface area contributed by atoms with Gasteiger partial charge in [0, 0.05) is 11.1 Å². The fraction of sp³-hybridized carbons (Fsp3) is 0.0556. The zero-order chi connectivity index (χ0) is 16.4. The number of aromatic nitrogens is 2. The van der Waals surface area contributed by atoms with E-state index < -0.39 is 11.6 Å². The lowest BCUT2D eigenvalue weighted by Crippen LogP contribution is -1.96. The molecule has 2 aromatic carbocycles. The van der Waals surface area contributed by atoms with Gasteiger partial charge in [0.05, 0.1) is 29.6 Å². The van der Waals surface area contributed by atoms with Crippen LogP contribution in [-0.2, 0) is 0 Å². The van der Waals surface area contributed by atoms with Gasteiger partial charge in [-0.3, -0.25) is 0 Å². The number of hydrogen-bond acceptors (Lipinski definition) is 3. The Bertz CT molecular complexity index is 895. The summed E-state index contributed by atoms with van der Waals surface area (Å²) in [4.78, 5) is 0. The molecule has 0 amide bonds. The summed E-state index contributed by atoms with van der Waals surface area (Å²) in [5.74, 6) is -1.39. The van der Waals surface area contributed by atoms with Crippen LogP contribution in [0.2, 0.25) is 0 Å². The monoisotopic (exact) mass is 307 g/mol. The van der Waals surface area contributed by atoms with E-state index in [2.05, 4.69) is 10.2 Å². The first-order chi connectivity index (χ1) is 11.1. The summed E-state index contributed by atoms with van der Waals surface area (Å²) >= 11 is 0. The normalized spacial score (nSPS) is 10.3. The smallest absolute Gasteiger partial charge is 0.134 e. The SMILES string of the molecule is Cc1cc(-c2c(F)cccc2F)c(C#N)cc1-c1ccnnc1. The van der Waals surface area contributed by atoms with Crippen LogP contribution in [0.5, 0.6) is 0 Å². The number of hydrogen-bond donors (Lipinski definition) is 0. The van der Waals surface area contributed by atoms with E-state index in [4.69, 9.17) is 0 Å². The van der Waals surface area contributed by atoms with Crippen LogP contribution in [0.4, 0.5) is 8.78 Å². The van der Waals surface area contributed by atoms with Gasteiger partial charge in [0.25, 0.3) is 0 Å². The van der Waals surface area contributed by atoms with Crippen LogP contribution in [0.15, 0.2) is 48.8 Å². The predicted octanol–water partition coefficient (Wildman–Crippen LogP) is 4.27. The number of benzene rings is 2. The Morgan fingerprint density at radius 3 is 2.35 bits per heavy atom. The van der Waals surface area contributed by atoms with E-state index >= 15 is 0 Å². The summed E-state index contributed by atoms with van der Waals surface area (Å²) in [6.45, 7) is 1.82. The fourth-order valence-corrected chi connectivity index (χ4v) is 2.52. The molecule has 5 heteroatoms. The van der Waals surface area contributed by atoms with Gasteiger partial charge in [0.1, 0.15) is 11.6 Å². The lowest BCUT2D eigenvalue weighted by molar-refractivity contribution is 0.589. The van der Waals surface area contributed by atoms with Crippen molar-refractivity contribution in [3.05, 3.63) is 71.6 Å². The first-order valence-corrected chi connectivity index (χ1v) is 6.88. The van der Waals surface area contributed by atoms with Gasteiger partial charge in [-0.05, 0) is 48.4 Å². The van der Waals surface area contributed by atoms with Gasteiger partial charge in [0.15, 0.2) is 0 Å². The Kier molecular flexibility index (Phi) is 3.82. The molecule has 0 aliphatic carbocycles. The number of aryl methyl sites for hydroxylation is 1. The molecule has 0 radical (unpaired) electrons. The maximum Gasteiger partial charge on any atom is 0.134 e. The maximum atomic E-state index is 14.0. The summed E-state index contributed by atoms with van der Waals surface area (Å²) in [5, 5.41) is 16.9. The zero-order valence-electron chi connectivity index (χ0n) is 12.2. The first-order valence-electron chi connectivity index (χ1n) is 6.88. The van der Waals surface area contributed by atoms with Crippen molar-refractivity contribution in [1.29, 1.82) is 5.26 Å². The van der Waals surface area contributed by atoms with Gasteiger partial charge in [-0.1, -0.05) is 6.07 Å². The summed E-state index contributed by atoms with van der Waals surface area (Å²) < 4.78 is 28.1. The second kappa shape index (κ2) is 5.93. The fourth-order valence-electron chi connectivity index (χ4n) is 2.52. The van der Waals surface area contributed by atoms with Crippen molar-refractivity contribution >= 4 is 0 Å². The first kappa shape index (κ1) is 14.8. The molecule has 0 unspecified atom stereocenters. The Hall–Kier alpha value is -3.13. The molecule has 0 saturated heterocycles. The molecular weight excluding hydrogens is 296 g/mol. The molecule has 1 heterocycles. The number of nitrogens with zero attached hydrogens (tertiary/aromatic N) is 3. The lowest BCUT2D eigenvalue weighted by Gasteiger charge is -2.12. The van der Waals surface area contributed by atoms with Crippen LogP contribution in [0.1, 0.15) is 11.1 Å². The average Bonchev–Trinajstić information content (AvgIpc) is 2.56. The minimum atomic E-state index is -0.695. The summed E-state index contributed by atoms with van der Waals surface area (Å²) in [6.07, 6.45) is 3.12.